The van der Waals surface area contributed by atoms with E-state index in [2.05, 4.69) is 41.2 Å². The molecule has 6 nitrogen and oxygen atoms in total. The van der Waals surface area contributed by atoms with Crippen LogP contribution in [0.5, 0.6) is 0 Å². The van der Waals surface area contributed by atoms with Gasteiger partial charge in [0, 0.05) is 42.6 Å². The minimum atomic E-state index is -0.125. The lowest BCUT2D eigenvalue weighted by Crippen LogP contribution is -2.33. The number of pyridine rings is 1. The number of rotatable bonds is 5. The molecule has 1 N–H and O–H groups in total. The first kappa shape index (κ1) is 19.0. The second kappa shape index (κ2) is 7.93. The molecule has 4 rings (SSSR count). The van der Waals surface area contributed by atoms with Gasteiger partial charge in [0.25, 0.3) is 5.91 Å². The molecule has 1 amide bonds. The first-order valence-corrected chi connectivity index (χ1v) is 10.6. The van der Waals surface area contributed by atoms with Crippen molar-refractivity contribution in [1.29, 1.82) is 0 Å². The van der Waals surface area contributed by atoms with Gasteiger partial charge in [0.1, 0.15) is 5.01 Å². The predicted octanol–water partition coefficient (Wildman–Crippen LogP) is 3.92. The largest absolute Gasteiger partial charge is 0.299 e. The maximum Gasteiger partial charge on any atom is 0.258 e. The molecule has 0 spiro atoms. The molecule has 28 heavy (non-hydrogen) atoms. The number of para-hydroxylation sites is 1. The first-order valence-electron chi connectivity index (χ1n) is 9.81. The van der Waals surface area contributed by atoms with Crippen LogP contribution in [0.15, 0.2) is 24.3 Å². The molecule has 146 valence electrons. The highest BCUT2D eigenvalue weighted by Gasteiger charge is 2.25. The van der Waals surface area contributed by atoms with Gasteiger partial charge >= 0.3 is 0 Å². The average molecular weight is 396 g/mol. The van der Waals surface area contributed by atoms with Crippen LogP contribution in [0.25, 0.3) is 10.9 Å². The third kappa shape index (κ3) is 3.77. The Labute approximate surface area is 169 Å². The fourth-order valence-electron chi connectivity index (χ4n) is 3.67. The van der Waals surface area contributed by atoms with Crippen molar-refractivity contribution >= 4 is 33.3 Å². The molecule has 0 fully saturated rings. The molecule has 0 radical (unpaired) electrons. The van der Waals surface area contributed by atoms with Crippen LogP contribution in [0.3, 0.4) is 0 Å². The van der Waals surface area contributed by atoms with E-state index in [1.807, 2.05) is 24.3 Å². The Morgan fingerprint density at radius 2 is 2.11 bits per heavy atom. The molecular weight excluding hydrogens is 370 g/mol. The average Bonchev–Trinajstić information content (AvgIpc) is 3.11. The number of nitrogens with zero attached hydrogens (tertiary/aromatic N) is 4. The van der Waals surface area contributed by atoms with Crippen LogP contribution in [-0.2, 0) is 19.4 Å². The van der Waals surface area contributed by atoms with Crippen molar-refractivity contribution in [3.63, 3.8) is 0 Å². The van der Waals surface area contributed by atoms with Crippen molar-refractivity contribution in [1.82, 2.24) is 20.1 Å². The van der Waals surface area contributed by atoms with Gasteiger partial charge in [-0.1, -0.05) is 50.3 Å². The summed E-state index contributed by atoms with van der Waals surface area (Å²) in [5.74, 6) is 0.382. The monoisotopic (exact) mass is 395 g/mol. The Morgan fingerprint density at radius 1 is 1.29 bits per heavy atom. The zero-order valence-electron chi connectivity index (χ0n) is 16.5. The maximum atomic E-state index is 13.3. The number of fused-ring (bicyclic) bond motifs is 2. The normalized spacial score (nSPS) is 14.4. The molecule has 3 aromatic rings. The van der Waals surface area contributed by atoms with Gasteiger partial charge in [-0.15, -0.1) is 10.2 Å². The summed E-state index contributed by atoms with van der Waals surface area (Å²) in [7, 11) is 0. The highest BCUT2D eigenvalue weighted by molar-refractivity contribution is 7.15. The molecule has 0 saturated carbocycles. The van der Waals surface area contributed by atoms with Crippen LogP contribution in [0.2, 0.25) is 0 Å². The van der Waals surface area contributed by atoms with E-state index in [0.29, 0.717) is 11.0 Å². The van der Waals surface area contributed by atoms with Gasteiger partial charge in [0.05, 0.1) is 11.1 Å². The van der Waals surface area contributed by atoms with E-state index < -0.39 is 0 Å². The van der Waals surface area contributed by atoms with Gasteiger partial charge in [-0.25, -0.2) is 0 Å². The summed E-state index contributed by atoms with van der Waals surface area (Å²) in [5, 5.41) is 13.8. The quantitative estimate of drug-likeness (QED) is 0.709. The van der Waals surface area contributed by atoms with Crippen molar-refractivity contribution in [2.24, 2.45) is 5.92 Å². The first-order chi connectivity index (χ1) is 13.5. The number of carbonyl (C=O) groups excluding carboxylic acids is 1. The summed E-state index contributed by atoms with van der Waals surface area (Å²) < 4.78 is 0. The van der Waals surface area contributed by atoms with Crippen molar-refractivity contribution < 1.29 is 4.79 Å². The number of hydrogen-bond acceptors (Lipinski definition) is 6. The highest BCUT2D eigenvalue weighted by atomic mass is 32.1. The minimum absolute atomic E-state index is 0.125. The molecule has 0 bridgehead atoms. The summed E-state index contributed by atoms with van der Waals surface area (Å²) in [5.41, 5.74) is 3.66. The summed E-state index contributed by atoms with van der Waals surface area (Å²) in [6.45, 7) is 9.13. The smallest absolute Gasteiger partial charge is 0.258 e. The molecule has 0 atom stereocenters. The molecule has 0 saturated heterocycles. The lowest BCUT2D eigenvalue weighted by atomic mass is 9.95. The third-order valence-corrected chi connectivity index (χ3v) is 5.93. The standard InChI is InChI=1S/C21H25N5OS/c1-4-26-10-9-17-15(12-26)19(14-7-5-6-8-16(14)22-17)20(27)23-21-25-24-18(28-21)11-13(2)3/h5-8,13H,4,9-12H2,1-3H3,(H,23,25,27). The zero-order valence-corrected chi connectivity index (χ0v) is 17.3. The Hall–Kier alpha value is -2.38. The van der Waals surface area contributed by atoms with Gasteiger partial charge in [0.2, 0.25) is 5.13 Å². The molecule has 3 heterocycles. The van der Waals surface area contributed by atoms with Crippen molar-refractivity contribution in [2.75, 3.05) is 18.4 Å². The van der Waals surface area contributed by atoms with Crippen LogP contribution in [0, 0.1) is 5.92 Å². The van der Waals surface area contributed by atoms with E-state index >= 15 is 0 Å². The maximum absolute atomic E-state index is 13.3. The van der Waals surface area contributed by atoms with Crippen LogP contribution in [0.4, 0.5) is 5.13 Å². The molecule has 2 aromatic heterocycles. The van der Waals surface area contributed by atoms with Gasteiger partial charge in [-0.2, -0.15) is 0 Å². The summed E-state index contributed by atoms with van der Waals surface area (Å²) in [4.78, 5) is 20.5. The summed E-state index contributed by atoms with van der Waals surface area (Å²) >= 11 is 1.45. The van der Waals surface area contributed by atoms with E-state index in [1.54, 1.807) is 0 Å². The summed E-state index contributed by atoms with van der Waals surface area (Å²) in [6, 6.07) is 7.88. The van der Waals surface area contributed by atoms with Crippen LogP contribution >= 0.6 is 11.3 Å². The highest BCUT2D eigenvalue weighted by Crippen LogP contribution is 2.29. The van der Waals surface area contributed by atoms with E-state index in [0.717, 1.165) is 65.2 Å². The van der Waals surface area contributed by atoms with Crippen LogP contribution in [-0.4, -0.2) is 39.1 Å². The number of carbonyl (C=O) groups is 1. The Kier molecular flexibility index (Phi) is 5.37. The Balaban J connectivity index is 1.72. The number of nitrogens with one attached hydrogen (secondary N) is 1. The van der Waals surface area contributed by atoms with Gasteiger partial charge in [-0.3, -0.25) is 20.0 Å². The predicted molar refractivity (Wildman–Crippen MR) is 113 cm³/mol. The molecule has 1 aromatic carbocycles. The van der Waals surface area contributed by atoms with Crippen LogP contribution < -0.4 is 5.32 Å². The van der Waals surface area contributed by atoms with E-state index in [4.69, 9.17) is 4.98 Å². The number of benzene rings is 1. The fourth-order valence-corrected chi connectivity index (χ4v) is 4.62. The van der Waals surface area contributed by atoms with E-state index in [-0.39, 0.29) is 5.91 Å². The van der Waals surface area contributed by atoms with Gasteiger partial charge < -0.3 is 0 Å². The fraction of sp³-hybridized carbons (Fsp3) is 0.429. The lowest BCUT2D eigenvalue weighted by Gasteiger charge is -2.29. The molecular formula is C21H25N5OS. The topological polar surface area (TPSA) is 71.0 Å². The summed E-state index contributed by atoms with van der Waals surface area (Å²) in [6.07, 6.45) is 1.73. The number of hydrogen-bond donors (Lipinski definition) is 1. The van der Waals surface area contributed by atoms with Gasteiger partial charge in [0.15, 0.2) is 0 Å². The lowest BCUT2D eigenvalue weighted by molar-refractivity contribution is 0.102. The number of aromatic nitrogens is 3. The second-order valence-corrected chi connectivity index (χ2v) is 8.66. The molecule has 0 unspecified atom stereocenters. The number of amides is 1. The SMILES string of the molecule is CCN1CCc2nc3ccccc3c(C(=O)Nc3nnc(CC(C)C)s3)c2C1. The molecule has 1 aliphatic heterocycles. The van der Waals surface area contributed by atoms with Crippen molar-refractivity contribution in [2.45, 2.75) is 40.2 Å². The Bertz CT molecular complexity index is 1010. The molecule has 7 heteroatoms. The molecule has 1 aliphatic rings. The second-order valence-electron chi connectivity index (χ2n) is 7.60. The van der Waals surface area contributed by atoms with E-state index in [1.165, 1.54) is 11.3 Å². The molecule has 0 aliphatic carbocycles. The Morgan fingerprint density at radius 3 is 2.89 bits per heavy atom. The minimum Gasteiger partial charge on any atom is -0.299 e. The van der Waals surface area contributed by atoms with Gasteiger partial charge in [-0.05, 0) is 18.5 Å². The number of anilines is 1. The van der Waals surface area contributed by atoms with E-state index in [9.17, 15) is 4.79 Å². The van der Waals surface area contributed by atoms with Crippen molar-refractivity contribution in [3.8, 4) is 0 Å². The van der Waals surface area contributed by atoms with Crippen LogP contribution in [0.1, 0.15) is 47.4 Å². The third-order valence-electron chi connectivity index (χ3n) is 5.07. The van der Waals surface area contributed by atoms with Crippen molar-refractivity contribution in [3.05, 3.63) is 46.1 Å². The zero-order chi connectivity index (χ0) is 19.7. The number of likely N-dealkylation sites (N-methyl/N-ethyl adjacent to an activating group) is 1.